The Balaban J connectivity index is 1.95. The second-order valence-electron chi connectivity index (χ2n) is 5.59. The fourth-order valence-corrected chi connectivity index (χ4v) is 3.97. The zero-order chi connectivity index (χ0) is 17.3. The molecule has 2 aromatic rings. The summed E-state index contributed by atoms with van der Waals surface area (Å²) in [6, 6.07) is 14.6. The van der Waals surface area contributed by atoms with Crippen LogP contribution in [-0.2, 0) is 10.0 Å². The van der Waals surface area contributed by atoms with Crippen molar-refractivity contribution < 1.29 is 13.2 Å². The molecule has 1 heterocycles. The van der Waals surface area contributed by atoms with Gasteiger partial charge in [0.1, 0.15) is 16.5 Å². The third-order valence-electron chi connectivity index (χ3n) is 3.83. The molecule has 24 heavy (non-hydrogen) atoms. The third-order valence-corrected chi connectivity index (χ3v) is 5.31. The molecule has 0 bridgehead atoms. The zero-order valence-electron chi connectivity index (χ0n) is 13.7. The predicted molar refractivity (Wildman–Crippen MR) is 96.7 cm³/mol. The molecule has 2 aromatic carbocycles. The van der Waals surface area contributed by atoms with Crippen LogP contribution in [0.1, 0.15) is 18.1 Å². The van der Waals surface area contributed by atoms with E-state index in [4.69, 9.17) is 4.74 Å². The minimum absolute atomic E-state index is 0.249. The van der Waals surface area contributed by atoms with Crippen LogP contribution >= 0.6 is 0 Å². The van der Waals surface area contributed by atoms with Gasteiger partial charge in [0.15, 0.2) is 0 Å². The van der Waals surface area contributed by atoms with Crippen LogP contribution in [0.2, 0.25) is 0 Å². The number of amidine groups is 1. The smallest absolute Gasteiger partial charge is 0.285 e. The second-order valence-corrected chi connectivity index (χ2v) is 7.13. The van der Waals surface area contributed by atoms with Gasteiger partial charge in [0.25, 0.3) is 10.0 Å². The largest absolute Gasteiger partial charge is 0.497 e. The lowest BCUT2D eigenvalue weighted by molar-refractivity contribution is 0.415. The number of sulfonamides is 1. The van der Waals surface area contributed by atoms with E-state index in [9.17, 15) is 8.42 Å². The summed E-state index contributed by atoms with van der Waals surface area (Å²) < 4.78 is 33.9. The van der Waals surface area contributed by atoms with E-state index in [1.54, 1.807) is 38.3 Å². The molecule has 0 amide bonds. The van der Waals surface area contributed by atoms with Gasteiger partial charge in [0.2, 0.25) is 0 Å². The Hall–Kier alpha value is -2.60. The normalized spacial score (nSPS) is 16.0. The van der Waals surface area contributed by atoms with Crippen LogP contribution in [0.25, 0.3) is 4.91 Å². The molecule has 1 N–H and O–H groups in total. The van der Waals surface area contributed by atoms with E-state index in [0.717, 1.165) is 17.0 Å². The van der Waals surface area contributed by atoms with Crippen molar-refractivity contribution in [1.82, 2.24) is 0 Å². The highest BCUT2D eigenvalue weighted by Crippen LogP contribution is 2.33. The standard InChI is InChI=1S/C18H18N2O3S/c1-12-4-6-14(7-5-12)17-13(2)18(20-24(17,21)22)19-15-8-10-16(23-3)11-9-15/h4-11H,1-3H3,(H,19,20). The molecule has 3 rings (SSSR count). The summed E-state index contributed by atoms with van der Waals surface area (Å²) in [7, 11) is -2.11. The number of anilines is 1. The topological polar surface area (TPSA) is 67.8 Å². The molecule has 0 spiro atoms. The number of nitrogens with zero attached hydrogens (tertiary/aromatic N) is 1. The maximum absolute atomic E-state index is 12.5. The average Bonchev–Trinajstić information content (AvgIpc) is 2.78. The van der Waals surface area contributed by atoms with Crippen molar-refractivity contribution in [2.75, 3.05) is 12.4 Å². The van der Waals surface area contributed by atoms with Gasteiger partial charge >= 0.3 is 0 Å². The van der Waals surface area contributed by atoms with Crippen molar-refractivity contribution in [3.8, 4) is 5.75 Å². The van der Waals surface area contributed by atoms with Gasteiger partial charge in [-0.05, 0) is 43.7 Å². The Labute approximate surface area is 141 Å². The molecule has 0 atom stereocenters. The lowest BCUT2D eigenvalue weighted by Crippen LogP contribution is -2.11. The predicted octanol–water partition coefficient (Wildman–Crippen LogP) is 3.59. The van der Waals surface area contributed by atoms with Crippen LogP contribution in [0.4, 0.5) is 5.69 Å². The van der Waals surface area contributed by atoms with Crippen molar-refractivity contribution >= 4 is 26.5 Å². The van der Waals surface area contributed by atoms with Gasteiger partial charge in [0, 0.05) is 11.3 Å². The summed E-state index contributed by atoms with van der Waals surface area (Å²) >= 11 is 0. The van der Waals surface area contributed by atoms with Crippen LogP contribution in [0.5, 0.6) is 5.75 Å². The summed E-state index contributed by atoms with van der Waals surface area (Å²) in [5.74, 6) is 1.07. The molecule has 0 saturated carbocycles. The maximum Gasteiger partial charge on any atom is 0.285 e. The molecule has 6 heteroatoms. The molecule has 0 aliphatic carbocycles. The van der Waals surface area contributed by atoms with Crippen LogP contribution < -0.4 is 10.1 Å². The summed E-state index contributed by atoms with van der Waals surface area (Å²) in [4.78, 5) is 0.249. The Morgan fingerprint density at radius 2 is 1.58 bits per heavy atom. The fourth-order valence-electron chi connectivity index (χ4n) is 2.53. The van der Waals surface area contributed by atoms with Gasteiger partial charge in [-0.25, -0.2) is 0 Å². The first-order valence-electron chi connectivity index (χ1n) is 7.45. The lowest BCUT2D eigenvalue weighted by Gasteiger charge is -2.08. The molecule has 0 radical (unpaired) electrons. The number of aryl methyl sites for hydroxylation is 1. The quantitative estimate of drug-likeness (QED) is 0.925. The SMILES string of the molecule is COc1ccc(NC2=NS(=O)(=O)C(c3ccc(C)cc3)=C2C)cc1. The van der Waals surface area contributed by atoms with E-state index in [0.29, 0.717) is 17.0 Å². The van der Waals surface area contributed by atoms with E-state index in [1.165, 1.54) is 0 Å². The molecule has 0 aromatic heterocycles. The minimum atomic E-state index is -3.70. The maximum atomic E-state index is 12.5. The summed E-state index contributed by atoms with van der Waals surface area (Å²) in [5, 5.41) is 3.07. The van der Waals surface area contributed by atoms with E-state index in [2.05, 4.69) is 9.71 Å². The molecule has 1 aliphatic rings. The third kappa shape index (κ3) is 3.05. The van der Waals surface area contributed by atoms with Gasteiger partial charge in [-0.15, -0.1) is 4.40 Å². The summed E-state index contributed by atoms with van der Waals surface area (Å²) in [5.41, 5.74) is 3.07. The number of methoxy groups -OCH3 is 1. The Morgan fingerprint density at radius 1 is 0.958 bits per heavy atom. The molecule has 5 nitrogen and oxygen atoms in total. The Morgan fingerprint density at radius 3 is 2.17 bits per heavy atom. The highest BCUT2D eigenvalue weighted by molar-refractivity contribution is 8.00. The Bertz CT molecular complexity index is 925. The lowest BCUT2D eigenvalue weighted by atomic mass is 10.1. The van der Waals surface area contributed by atoms with E-state index >= 15 is 0 Å². The number of benzene rings is 2. The highest BCUT2D eigenvalue weighted by atomic mass is 32.2. The Kier molecular flexibility index (Phi) is 4.15. The number of nitrogens with one attached hydrogen (secondary N) is 1. The van der Waals surface area contributed by atoms with Gasteiger partial charge in [-0.3, -0.25) is 0 Å². The number of ether oxygens (including phenoxy) is 1. The molecule has 0 saturated heterocycles. The molecule has 0 fully saturated rings. The molecule has 0 unspecified atom stereocenters. The van der Waals surface area contributed by atoms with E-state index < -0.39 is 10.0 Å². The van der Waals surface area contributed by atoms with Crippen molar-refractivity contribution in [3.63, 3.8) is 0 Å². The van der Waals surface area contributed by atoms with Gasteiger partial charge in [-0.1, -0.05) is 29.8 Å². The van der Waals surface area contributed by atoms with Crippen LogP contribution in [0.3, 0.4) is 0 Å². The van der Waals surface area contributed by atoms with Gasteiger partial charge in [0.05, 0.1) is 7.11 Å². The zero-order valence-corrected chi connectivity index (χ0v) is 14.5. The first kappa shape index (κ1) is 16.3. The summed E-state index contributed by atoms with van der Waals surface area (Å²) in [6.45, 7) is 3.72. The number of hydrogen-bond donors (Lipinski definition) is 1. The first-order valence-corrected chi connectivity index (χ1v) is 8.89. The van der Waals surface area contributed by atoms with E-state index in [1.807, 2.05) is 31.2 Å². The number of hydrogen-bond acceptors (Lipinski definition) is 4. The highest BCUT2D eigenvalue weighted by Gasteiger charge is 2.30. The molecular formula is C18H18N2O3S. The summed E-state index contributed by atoms with van der Waals surface area (Å²) in [6.07, 6.45) is 0. The first-order chi connectivity index (χ1) is 11.4. The average molecular weight is 342 g/mol. The van der Waals surface area contributed by atoms with Crippen molar-refractivity contribution in [1.29, 1.82) is 0 Å². The molecule has 124 valence electrons. The minimum Gasteiger partial charge on any atom is -0.497 e. The monoisotopic (exact) mass is 342 g/mol. The molecule has 1 aliphatic heterocycles. The number of rotatable bonds is 3. The molecular weight excluding hydrogens is 324 g/mol. The van der Waals surface area contributed by atoms with Crippen LogP contribution in [0.15, 0.2) is 58.5 Å². The van der Waals surface area contributed by atoms with Gasteiger partial charge in [-0.2, -0.15) is 8.42 Å². The fraction of sp³-hybridized carbons (Fsp3) is 0.167. The van der Waals surface area contributed by atoms with Crippen molar-refractivity contribution in [2.45, 2.75) is 13.8 Å². The van der Waals surface area contributed by atoms with Gasteiger partial charge < -0.3 is 10.1 Å². The van der Waals surface area contributed by atoms with Crippen molar-refractivity contribution in [2.24, 2.45) is 4.40 Å². The second kappa shape index (κ2) is 6.13. The van der Waals surface area contributed by atoms with E-state index in [-0.39, 0.29) is 4.91 Å². The van der Waals surface area contributed by atoms with Crippen LogP contribution in [-0.4, -0.2) is 21.4 Å². The van der Waals surface area contributed by atoms with Crippen LogP contribution in [0, 0.1) is 6.92 Å². The van der Waals surface area contributed by atoms with Crippen molar-refractivity contribution in [3.05, 3.63) is 65.2 Å².